The first-order chi connectivity index (χ1) is 9.35. The molecule has 5 heteroatoms. The molecule has 0 aromatic carbocycles. The summed E-state index contributed by atoms with van der Waals surface area (Å²) in [6.07, 6.45) is 2.35. The molecule has 118 valence electrons. The molecule has 1 aliphatic heterocycles. The number of hydrogen-bond donors (Lipinski definition) is 2. The fourth-order valence-corrected chi connectivity index (χ4v) is 2.74. The van der Waals surface area contributed by atoms with Crippen LogP contribution in [0.1, 0.15) is 40.5 Å². The van der Waals surface area contributed by atoms with Crippen LogP contribution >= 0.6 is 0 Å². The van der Waals surface area contributed by atoms with Crippen LogP contribution in [-0.4, -0.2) is 65.8 Å². The van der Waals surface area contributed by atoms with Gasteiger partial charge in [0, 0.05) is 19.6 Å². The standard InChI is InChI=1S/C15H31N3O2/c1-5-8-17-9-7-13(11-17)10-16-14(19)18(6-2)12-15(3,4)20/h13,20H,5-12H2,1-4H3,(H,16,19). The number of hydrogen-bond acceptors (Lipinski definition) is 3. The number of rotatable bonds is 7. The van der Waals surface area contributed by atoms with Gasteiger partial charge in [-0.05, 0) is 52.6 Å². The van der Waals surface area contributed by atoms with Crippen LogP contribution in [0.25, 0.3) is 0 Å². The van der Waals surface area contributed by atoms with Crippen molar-refractivity contribution in [1.29, 1.82) is 0 Å². The maximum atomic E-state index is 12.1. The van der Waals surface area contributed by atoms with Crippen LogP contribution < -0.4 is 5.32 Å². The van der Waals surface area contributed by atoms with Crippen molar-refractivity contribution in [3.05, 3.63) is 0 Å². The van der Waals surface area contributed by atoms with Crippen LogP contribution in [0.4, 0.5) is 4.79 Å². The van der Waals surface area contributed by atoms with Gasteiger partial charge in [0.15, 0.2) is 0 Å². The van der Waals surface area contributed by atoms with Gasteiger partial charge in [-0.2, -0.15) is 0 Å². The lowest BCUT2D eigenvalue weighted by Crippen LogP contribution is -2.47. The van der Waals surface area contributed by atoms with E-state index in [0.29, 0.717) is 19.0 Å². The van der Waals surface area contributed by atoms with E-state index >= 15 is 0 Å². The highest BCUT2D eigenvalue weighted by atomic mass is 16.3. The predicted octanol–water partition coefficient (Wildman–Crippen LogP) is 1.52. The molecule has 0 radical (unpaired) electrons. The van der Waals surface area contributed by atoms with Crippen molar-refractivity contribution >= 4 is 6.03 Å². The summed E-state index contributed by atoms with van der Waals surface area (Å²) >= 11 is 0. The average molecular weight is 285 g/mol. The Morgan fingerprint density at radius 2 is 2.15 bits per heavy atom. The molecule has 1 atom stereocenters. The Kier molecular flexibility index (Phi) is 6.76. The quantitative estimate of drug-likeness (QED) is 0.746. The normalized spacial score (nSPS) is 20.1. The molecule has 1 rings (SSSR count). The molecule has 1 unspecified atom stereocenters. The average Bonchev–Trinajstić information content (AvgIpc) is 2.80. The van der Waals surface area contributed by atoms with Crippen molar-refractivity contribution < 1.29 is 9.90 Å². The molecular weight excluding hydrogens is 254 g/mol. The Bertz CT molecular complexity index is 302. The Hall–Kier alpha value is -0.810. The number of likely N-dealkylation sites (N-methyl/N-ethyl adjacent to an activating group) is 1. The zero-order valence-electron chi connectivity index (χ0n) is 13.5. The lowest BCUT2D eigenvalue weighted by Gasteiger charge is -2.28. The Morgan fingerprint density at radius 3 is 2.70 bits per heavy atom. The Morgan fingerprint density at radius 1 is 1.45 bits per heavy atom. The summed E-state index contributed by atoms with van der Waals surface area (Å²) < 4.78 is 0. The second-order valence-electron chi connectivity index (χ2n) is 6.47. The van der Waals surface area contributed by atoms with Crippen LogP contribution in [0, 0.1) is 5.92 Å². The van der Waals surface area contributed by atoms with E-state index in [9.17, 15) is 9.90 Å². The van der Waals surface area contributed by atoms with E-state index in [1.165, 1.54) is 6.42 Å². The molecule has 0 bridgehead atoms. The van der Waals surface area contributed by atoms with E-state index in [4.69, 9.17) is 0 Å². The maximum Gasteiger partial charge on any atom is 0.317 e. The molecule has 1 fully saturated rings. The van der Waals surface area contributed by atoms with Gasteiger partial charge in [0.25, 0.3) is 0 Å². The molecule has 1 heterocycles. The van der Waals surface area contributed by atoms with Gasteiger partial charge in [-0.3, -0.25) is 0 Å². The topological polar surface area (TPSA) is 55.8 Å². The molecule has 2 amide bonds. The first-order valence-electron chi connectivity index (χ1n) is 7.83. The summed E-state index contributed by atoms with van der Waals surface area (Å²) in [6.45, 7) is 12.7. The highest BCUT2D eigenvalue weighted by molar-refractivity contribution is 5.74. The molecule has 1 aliphatic rings. The molecule has 0 aromatic heterocycles. The Balaban J connectivity index is 2.31. The minimum Gasteiger partial charge on any atom is -0.389 e. The van der Waals surface area contributed by atoms with Gasteiger partial charge in [0.2, 0.25) is 0 Å². The molecule has 0 aliphatic carbocycles. The number of amides is 2. The lowest BCUT2D eigenvalue weighted by atomic mass is 10.1. The molecule has 1 saturated heterocycles. The number of nitrogens with one attached hydrogen (secondary N) is 1. The third-order valence-corrected chi connectivity index (χ3v) is 3.70. The van der Waals surface area contributed by atoms with Crippen LogP contribution in [0.5, 0.6) is 0 Å². The number of carbonyl (C=O) groups is 1. The largest absolute Gasteiger partial charge is 0.389 e. The van der Waals surface area contributed by atoms with Gasteiger partial charge < -0.3 is 20.2 Å². The van der Waals surface area contributed by atoms with E-state index in [-0.39, 0.29) is 6.03 Å². The fraction of sp³-hybridized carbons (Fsp3) is 0.933. The third-order valence-electron chi connectivity index (χ3n) is 3.70. The third kappa shape index (κ3) is 6.09. The second kappa shape index (κ2) is 7.84. The van der Waals surface area contributed by atoms with Gasteiger partial charge in [-0.15, -0.1) is 0 Å². The van der Waals surface area contributed by atoms with Crippen molar-refractivity contribution in [2.75, 3.05) is 39.3 Å². The minimum atomic E-state index is -0.849. The monoisotopic (exact) mass is 285 g/mol. The molecule has 0 saturated carbocycles. The molecule has 20 heavy (non-hydrogen) atoms. The smallest absolute Gasteiger partial charge is 0.317 e. The van der Waals surface area contributed by atoms with Gasteiger partial charge in [-0.25, -0.2) is 4.79 Å². The van der Waals surface area contributed by atoms with E-state index < -0.39 is 5.60 Å². The first kappa shape index (κ1) is 17.2. The van der Waals surface area contributed by atoms with E-state index in [1.807, 2.05) is 6.92 Å². The van der Waals surface area contributed by atoms with Crippen LogP contribution in [0.15, 0.2) is 0 Å². The highest BCUT2D eigenvalue weighted by Crippen LogP contribution is 2.15. The number of nitrogens with zero attached hydrogens (tertiary/aromatic N) is 2. The summed E-state index contributed by atoms with van der Waals surface area (Å²) in [5.41, 5.74) is -0.849. The molecule has 2 N–H and O–H groups in total. The van der Waals surface area contributed by atoms with Crippen molar-refractivity contribution in [2.24, 2.45) is 5.92 Å². The van der Waals surface area contributed by atoms with Crippen LogP contribution in [0.2, 0.25) is 0 Å². The summed E-state index contributed by atoms with van der Waals surface area (Å²) in [4.78, 5) is 16.2. The van der Waals surface area contributed by atoms with Gasteiger partial charge in [0.1, 0.15) is 0 Å². The molecule has 5 nitrogen and oxygen atoms in total. The van der Waals surface area contributed by atoms with Crippen LogP contribution in [-0.2, 0) is 0 Å². The zero-order valence-corrected chi connectivity index (χ0v) is 13.5. The van der Waals surface area contributed by atoms with Crippen molar-refractivity contribution in [1.82, 2.24) is 15.1 Å². The lowest BCUT2D eigenvalue weighted by molar-refractivity contribution is 0.0479. The van der Waals surface area contributed by atoms with Gasteiger partial charge >= 0.3 is 6.03 Å². The zero-order chi connectivity index (χ0) is 15.2. The summed E-state index contributed by atoms with van der Waals surface area (Å²) in [7, 11) is 0. The molecule has 0 aromatic rings. The summed E-state index contributed by atoms with van der Waals surface area (Å²) in [5.74, 6) is 0.561. The van der Waals surface area contributed by atoms with Crippen molar-refractivity contribution in [3.63, 3.8) is 0 Å². The van der Waals surface area contributed by atoms with E-state index in [2.05, 4.69) is 17.1 Å². The van der Waals surface area contributed by atoms with Crippen molar-refractivity contribution in [2.45, 2.75) is 46.1 Å². The number of likely N-dealkylation sites (tertiary alicyclic amines) is 1. The van der Waals surface area contributed by atoms with Crippen molar-refractivity contribution in [3.8, 4) is 0 Å². The minimum absolute atomic E-state index is 0.0661. The Labute approximate surface area is 123 Å². The summed E-state index contributed by atoms with van der Waals surface area (Å²) in [6, 6.07) is -0.0661. The first-order valence-corrected chi connectivity index (χ1v) is 7.83. The number of carbonyl (C=O) groups excluding carboxylic acids is 1. The fourth-order valence-electron chi connectivity index (χ4n) is 2.74. The SMILES string of the molecule is CCCN1CCC(CNC(=O)N(CC)CC(C)(C)O)C1. The number of urea groups is 1. The second-order valence-corrected chi connectivity index (χ2v) is 6.47. The molecular formula is C15H31N3O2. The van der Waals surface area contributed by atoms with Gasteiger partial charge in [0.05, 0.1) is 12.1 Å². The van der Waals surface area contributed by atoms with E-state index in [1.54, 1.807) is 18.7 Å². The summed E-state index contributed by atoms with van der Waals surface area (Å²) in [5, 5.41) is 12.8. The predicted molar refractivity (Wildman–Crippen MR) is 81.8 cm³/mol. The maximum absolute atomic E-state index is 12.1. The van der Waals surface area contributed by atoms with Gasteiger partial charge in [-0.1, -0.05) is 6.92 Å². The van der Waals surface area contributed by atoms with Crippen LogP contribution in [0.3, 0.4) is 0 Å². The van der Waals surface area contributed by atoms with E-state index in [0.717, 1.165) is 32.6 Å². The molecule has 0 spiro atoms. The highest BCUT2D eigenvalue weighted by Gasteiger charge is 2.24. The number of aliphatic hydroxyl groups is 1.